The van der Waals surface area contributed by atoms with Gasteiger partial charge in [-0.25, -0.2) is 4.79 Å². The summed E-state index contributed by atoms with van der Waals surface area (Å²) in [7, 11) is 0. The molecule has 0 atom stereocenters. The second kappa shape index (κ2) is 14.6. The number of nitrogens with zero attached hydrogens (tertiary/aromatic N) is 1. The topological polar surface area (TPSA) is 66.8 Å². The molecule has 1 aromatic heterocycles. The van der Waals surface area contributed by atoms with Crippen LogP contribution in [0.1, 0.15) is 89.4 Å². The van der Waals surface area contributed by atoms with Gasteiger partial charge in [-0.15, -0.1) is 0 Å². The lowest BCUT2D eigenvalue weighted by atomic mass is 10.1. The first-order chi connectivity index (χ1) is 18.2. The van der Waals surface area contributed by atoms with Crippen molar-refractivity contribution in [3.05, 3.63) is 60.3 Å². The molecule has 0 radical (unpaired) electrons. The maximum absolute atomic E-state index is 12.6. The number of ether oxygens (including phenoxy) is 3. The summed E-state index contributed by atoms with van der Waals surface area (Å²) in [5.74, 6) is 1.04. The van der Waals surface area contributed by atoms with Crippen LogP contribution in [0.25, 0.3) is 10.9 Å². The van der Waals surface area contributed by atoms with Gasteiger partial charge in [0.2, 0.25) is 0 Å². The SMILES string of the molecule is CCCCCCCCCCOc1ccc(OCC(=O)Cn2ccc3cc(C(=O)OC(C)(C)C)ccc32)cc1. The minimum absolute atomic E-state index is 0.0197. The molecule has 0 bridgehead atoms. The van der Waals surface area contributed by atoms with E-state index in [4.69, 9.17) is 14.2 Å². The molecule has 0 saturated heterocycles. The van der Waals surface area contributed by atoms with Gasteiger partial charge in [-0.2, -0.15) is 0 Å². The van der Waals surface area contributed by atoms with Gasteiger partial charge in [0.1, 0.15) is 23.7 Å². The van der Waals surface area contributed by atoms with E-state index in [9.17, 15) is 9.59 Å². The second-order valence-corrected chi connectivity index (χ2v) is 10.8. The number of benzene rings is 2. The Balaban J connectivity index is 1.39. The van der Waals surface area contributed by atoms with Crippen molar-refractivity contribution >= 4 is 22.7 Å². The Morgan fingerprint density at radius 2 is 1.42 bits per heavy atom. The fourth-order valence-corrected chi connectivity index (χ4v) is 4.26. The zero-order chi connectivity index (χ0) is 27.4. The lowest BCUT2D eigenvalue weighted by Crippen LogP contribution is -2.23. The van der Waals surface area contributed by atoms with Crippen molar-refractivity contribution in [3.8, 4) is 11.5 Å². The third kappa shape index (κ3) is 9.88. The number of unbranched alkanes of at least 4 members (excludes halogenated alkanes) is 7. The molecule has 0 unspecified atom stereocenters. The molecule has 206 valence electrons. The number of ketones is 1. The largest absolute Gasteiger partial charge is 0.494 e. The Labute approximate surface area is 227 Å². The molecule has 3 aromatic rings. The van der Waals surface area contributed by atoms with Crippen LogP contribution >= 0.6 is 0 Å². The molecule has 0 saturated carbocycles. The van der Waals surface area contributed by atoms with E-state index < -0.39 is 5.60 Å². The van der Waals surface area contributed by atoms with Crippen LogP contribution in [-0.4, -0.2) is 35.1 Å². The van der Waals surface area contributed by atoms with E-state index in [1.165, 1.54) is 44.9 Å². The Hall–Kier alpha value is -3.28. The van der Waals surface area contributed by atoms with E-state index in [-0.39, 0.29) is 24.9 Å². The molecule has 0 aliphatic carbocycles. The van der Waals surface area contributed by atoms with Gasteiger partial charge in [0.25, 0.3) is 0 Å². The van der Waals surface area contributed by atoms with E-state index in [2.05, 4.69) is 6.92 Å². The maximum Gasteiger partial charge on any atom is 0.338 e. The molecular formula is C32H43NO5. The third-order valence-corrected chi connectivity index (χ3v) is 6.24. The number of hydrogen-bond donors (Lipinski definition) is 0. The minimum Gasteiger partial charge on any atom is -0.494 e. The first-order valence-corrected chi connectivity index (χ1v) is 13.9. The van der Waals surface area contributed by atoms with Crippen LogP contribution < -0.4 is 9.47 Å². The lowest BCUT2D eigenvalue weighted by molar-refractivity contribution is -0.121. The van der Waals surface area contributed by atoms with E-state index in [1.807, 2.05) is 67.9 Å². The predicted molar refractivity (Wildman–Crippen MR) is 152 cm³/mol. The Morgan fingerprint density at radius 3 is 2.08 bits per heavy atom. The van der Waals surface area contributed by atoms with Crippen LogP contribution in [0.2, 0.25) is 0 Å². The quantitative estimate of drug-likeness (QED) is 0.142. The summed E-state index contributed by atoms with van der Waals surface area (Å²) < 4.78 is 18.8. The van der Waals surface area contributed by atoms with Crippen LogP contribution in [0, 0.1) is 0 Å². The zero-order valence-electron chi connectivity index (χ0n) is 23.5. The molecule has 3 rings (SSSR count). The Kier molecular flexibility index (Phi) is 11.3. The number of esters is 1. The van der Waals surface area contributed by atoms with Gasteiger partial charge in [-0.3, -0.25) is 4.79 Å². The van der Waals surface area contributed by atoms with Gasteiger partial charge in [-0.05, 0) is 75.7 Å². The van der Waals surface area contributed by atoms with Gasteiger partial charge in [0, 0.05) is 17.1 Å². The summed E-state index contributed by atoms with van der Waals surface area (Å²) in [6.45, 7) is 8.66. The van der Waals surface area contributed by atoms with Crippen LogP contribution in [0.15, 0.2) is 54.7 Å². The standard InChI is InChI=1S/C32H43NO5/c1-5-6-7-8-9-10-11-12-21-36-28-14-16-29(17-15-28)37-24-27(34)23-33-20-19-25-22-26(13-18-30(25)33)31(35)38-32(2,3)4/h13-20,22H,5-12,21,23-24H2,1-4H3. The van der Waals surface area contributed by atoms with Crippen molar-refractivity contribution < 1.29 is 23.8 Å². The molecule has 1 heterocycles. The molecule has 0 N–H and O–H groups in total. The average molecular weight is 522 g/mol. The van der Waals surface area contributed by atoms with Crippen molar-refractivity contribution in [1.29, 1.82) is 0 Å². The average Bonchev–Trinajstić information content (AvgIpc) is 3.28. The highest BCUT2D eigenvalue weighted by atomic mass is 16.6. The van der Waals surface area contributed by atoms with Gasteiger partial charge in [0.05, 0.1) is 18.7 Å². The molecule has 0 fully saturated rings. The highest BCUT2D eigenvalue weighted by molar-refractivity contribution is 5.95. The van der Waals surface area contributed by atoms with Gasteiger partial charge >= 0.3 is 5.97 Å². The number of carbonyl (C=O) groups excluding carboxylic acids is 2. The molecule has 0 aliphatic heterocycles. The maximum atomic E-state index is 12.6. The third-order valence-electron chi connectivity index (χ3n) is 6.24. The first kappa shape index (κ1) is 29.3. The molecule has 38 heavy (non-hydrogen) atoms. The fourth-order valence-electron chi connectivity index (χ4n) is 4.26. The minimum atomic E-state index is -0.551. The van der Waals surface area contributed by atoms with Crippen LogP contribution in [0.3, 0.4) is 0 Å². The molecule has 0 spiro atoms. The summed E-state index contributed by atoms with van der Waals surface area (Å²) >= 11 is 0. The van der Waals surface area contributed by atoms with Crippen LogP contribution in [0.5, 0.6) is 11.5 Å². The van der Waals surface area contributed by atoms with Gasteiger partial charge in [0.15, 0.2) is 5.78 Å². The lowest BCUT2D eigenvalue weighted by Gasteiger charge is -2.19. The highest BCUT2D eigenvalue weighted by Crippen LogP contribution is 2.21. The van der Waals surface area contributed by atoms with Crippen LogP contribution in [0.4, 0.5) is 0 Å². The number of rotatable bonds is 16. The Bertz CT molecular complexity index is 1160. The number of hydrogen-bond acceptors (Lipinski definition) is 5. The van der Waals surface area contributed by atoms with Gasteiger partial charge < -0.3 is 18.8 Å². The molecule has 0 aliphatic rings. The summed E-state index contributed by atoms with van der Waals surface area (Å²) in [4.78, 5) is 24.9. The van der Waals surface area contributed by atoms with Crippen molar-refractivity contribution in [2.45, 2.75) is 91.2 Å². The summed E-state index contributed by atoms with van der Waals surface area (Å²) in [6, 6.07) is 14.7. The number of Topliss-reactive ketones (excluding diaryl/α,β-unsaturated/α-hetero) is 1. The second-order valence-electron chi connectivity index (χ2n) is 10.8. The van der Waals surface area contributed by atoms with Gasteiger partial charge in [-0.1, -0.05) is 51.9 Å². The first-order valence-electron chi connectivity index (χ1n) is 13.9. The molecule has 0 amide bonds. The Morgan fingerprint density at radius 1 is 0.789 bits per heavy atom. The van der Waals surface area contributed by atoms with E-state index in [0.717, 1.165) is 29.7 Å². The zero-order valence-corrected chi connectivity index (χ0v) is 23.5. The van der Waals surface area contributed by atoms with E-state index in [1.54, 1.807) is 12.1 Å². The molecule has 6 nitrogen and oxygen atoms in total. The van der Waals surface area contributed by atoms with Crippen molar-refractivity contribution in [2.75, 3.05) is 13.2 Å². The summed E-state index contributed by atoms with van der Waals surface area (Å²) in [6.07, 6.45) is 12.1. The van der Waals surface area contributed by atoms with Crippen LogP contribution in [-0.2, 0) is 16.1 Å². The monoisotopic (exact) mass is 521 g/mol. The smallest absolute Gasteiger partial charge is 0.338 e. The molecular weight excluding hydrogens is 478 g/mol. The van der Waals surface area contributed by atoms with E-state index >= 15 is 0 Å². The van der Waals surface area contributed by atoms with E-state index in [0.29, 0.717) is 11.3 Å². The van der Waals surface area contributed by atoms with Crippen molar-refractivity contribution in [3.63, 3.8) is 0 Å². The normalized spacial score (nSPS) is 11.5. The summed E-state index contributed by atoms with van der Waals surface area (Å²) in [5.41, 5.74) is 0.818. The number of fused-ring (bicyclic) bond motifs is 1. The number of aromatic nitrogens is 1. The number of carbonyl (C=O) groups is 2. The fraction of sp³-hybridized carbons (Fsp3) is 0.500. The highest BCUT2D eigenvalue weighted by Gasteiger charge is 2.18. The van der Waals surface area contributed by atoms with Crippen molar-refractivity contribution in [2.24, 2.45) is 0 Å². The van der Waals surface area contributed by atoms with Crippen molar-refractivity contribution in [1.82, 2.24) is 4.57 Å². The molecule has 2 aromatic carbocycles. The molecule has 6 heteroatoms. The predicted octanol–water partition coefficient (Wildman–Crippen LogP) is 7.76. The summed E-state index contributed by atoms with van der Waals surface area (Å²) in [5, 5.41) is 0.879.